The Kier molecular flexibility index (Phi) is 4.33. The van der Waals surface area contributed by atoms with E-state index in [0.717, 1.165) is 13.1 Å². The maximum atomic E-state index is 8.88. The zero-order valence-electron chi connectivity index (χ0n) is 9.70. The maximum absolute atomic E-state index is 8.88. The second-order valence-electron chi connectivity index (χ2n) is 3.86. The highest BCUT2D eigenvalue weighted by atomic mass is 15.1. The summed E-state index contributed by atoms with van der Waals surface area (Å²) in [4.78, 5) is 2.16. The van der Waals surface area contributed by atoms with Crippen LogP contribution in [0, 0.1) is 18.3 Å². The minimum absolute atomic E-state index is 0.0180. The van der Waals surface area contributed by atoms with Gasteiger partial charge in [-0.25, -0.2) is 0 Å². The van der Waals surface area contributed by atoms with Crippen LogP contribution in [-0.2, 0) is 6.54 Å². The molecule has 0 aliphatic carbocycles. The number of nitriles is 1. The molecule has 1 atom stereocenters. The first-order valence-electron chi connectivity index (χ1n) is 5.36. The van der Waals surface area contributed by atoms with Crippen molar-refractivity contribution in [2.24, 2.45) is 0 Å². The summed E-state index contributed by atoms with van der Waals surface area (Å²) in [5.41, 5.74) is 2.55. The number of rotatable bonds is 4. The molecule has 1 rings (SSSR count). The SMILES string of the molecule is CCN(Cc1cccc(C)c1)C(C)C#N. The molecule has 0 aliphatic heterocycles. The van der Waals surface area contributed by atoms with E-state index in [4.69, 9.17) is 5.26 Å². The summed E-state index contributed by atoms with van der Waals surface area (Å²) in [5, 5.41) is 8.88. The number of hydrogen-bond acceptors (Lipinski definition) is 2. The Morgan fingerprint density at radius 3 is 2.73 bits per heavy atom. The summed E-state index contributed by atoms with van der Waals surface area (Å²) in [6, 6.07) is 10.7. The molecule has 0 saturated carbocycles. The van der Waals surface area contributed by atoms with Crippen molar-refractivity contribution in [2.75, 3.05) is 6.54 Å². The van der Waals surface area contributed by atoms with Gasteiger partial charge in [0.25, 0.3) is 0 Å². The third-order valence-electron chi connectivity index (χ3n) is 2.61. The van der Waals surface area contributed by atoms with E-state index in [2.05, 4.69) is 49.1 Å². The minimum Gasteiger partial charge on any atom is -0.284 e. The second kappa shape index (κ2) is 5.53. The largest absolute Gasteiger partial charge is 0.284 e. The summed E-state index contributed by atoms with van der Waals surface area (Å²) < 4.78 is 0. The molecule has 0 N–H and O–H groups in total. The fourth-order valence-electron chi connectivity index (χ4n) is 1.65. The van der Waals surface area contributed by atoms with E-state index in [1.165, 1.54) is 11.1 Å². The first-order chi connectivity index (χ1) is 7.17. The van der Waals surface area contributed by atoms with Gasteiger partial charge in [0, 0.05) is 6.54 Å². The lowest BCUT2D eigenvalue weighted by Crippen LogP contribution is -2.31. The van der Waals surface area contributed by atoms with Crippen molar-refractivity contribution in [3.63, 3.8) is 0 Å². The Balaban J connectivity index is 2.71. The highest BCUT2D eigenvalue weighted by Gasteiger charge is 2.10. The van der Waals surface area contributed by atoms with Gasteiger partial charge in [-0.2, -0.15) is 5.26 Å². The first-order valence-corrected chi connectivity index (χ1v) is 5.36. The molecule has 0 fully saturated rings. The lowest BCUT2D eigenvalue weighted by Gasteiger charge is -2.22. The molecule has 15 heavy (non-hydrogen) atoms. The Morgan fingerprint density at radius 1 is 1.47 bits per heavy atom. The van der Waals surface area contributed by atoms with Crippen molar-refractivity contribution in [3.8, 4) is 6.07 Å². The molecule has 0 radical (unpaired) electrons. The highest BCUT2D eigenvalue weighted by molar-refractivity contribution is 5.22. The molecule has 0 heterocycles. The third-order valence-corrected chi connectivity index (χ3v) is 2.61. The van der Waals surface area contributed by atoms with E-state index in [1.54, 1.807) is 0 Å². The van der Waals surface area contributed by atoms with Crippen LogP contribution in [0.3, 0.4) is 0 Å². The predicted octanol–water partition coefficient (Wildman–Crippen LogP) is 2.73. The van der Waals surface area contributed by atoms with Crippen molar-refractivity contribution in [3.05, 3.63) is 35.4 Å². The van der Waals surface area contributed by atoms with E-state index in [1.807, 2.05) is 6.92 Å². The summed E-state index contributed by atoms with van der Waals surface area (Å²) in [6.07, 6.45) is 0. The Labute approximate surface area is 92.1 Å². The van der Waals surface area contributed by atoms with Gasteiger partial charge in [-0.3, -0.25) is 4.90 Å². The minimum atomic E-state index is -0.0180. The van der Waals surface area contributed by atoms with Gasteiger partial charge in [0.1, 0.15) is 0 Å². The van der Waals surface area contributed by atoms with Crippen LogP contribution in [0.5, 0.6) is 0 Å². The van der Waals surface area contributed by atoms with E-state index < -0.39 is 0 Å². The van der Waals surface area contributed by atoms with Crippen LogP contribution < -0.4 is 0 Å². The Bertz CT molecular complexity index is 352. The zero-order chi connectivity index (χ0) is 11.3. The average Bonchev–Trinajstić information content (AvgIpc) is 2.25. The van der Waals surface area contributed by atoms with Crippen molar-refractivity contribution >= 4 is 0 Å². The fraction of sp³-hybridized carbons (Fsp3) is 0.462. The standard InChI is InChI=1S/C13H18N2/c1-4-15(12(3)9-14)10-13-7-5-6-11(2)8-13/h5-8,12H,4,10H2,1-3H3. The normalized spacial score (nSPS) is 12.5. The molecule has 80 valence electrons. The third kappa shape index (κ3) is 3.38. The van der Waals surface area contributed by atoms with Crippen molar-refractivity contribution < 1.29 is 0 Å². The topological polar surface area (TPSA) is 27.0 Å². The van der Waals surface area contributed by atoms with E-state index in [9.17, 15) is 0 Å². The molecular formula is C13H18N2. The first kappa shape index (κ1) is 11.7. The molecule has 1 unspecified atom stereocenters. The lowest BCUT2D eigenvalue weighted by atomic mass is 10.1. The number of aryl methyl sites for hydroxylation is 1. The average molecular weight is 202 g/mol. The maximum Gasteiger partial charge on any atom is 0.0952 e. The molecule has 0 aliphatic rings. The molecule has 0 bridgehead atoms. The van der Waals surface area contributed by atoms with Crippen LogP contribution >= 0.6 is 0 Å². The summed E-state index contributed by atoms with van der Waals surface area (Å²) in [5.74, 6) is 0. The molecule has 1 aromatic rings. The summed E-state index contributed by atoms with van der Waals surface area (Å²) in [7, 11) is 0. The van der Waals surface area contributed by atoms with Crippen molar-refractivity contribution in [1.29, 1.82) is 5.26 Å². The van der Waals surface area contributed by atoms with Gasteiger partial charge in [-0.15, -0.1) is 0 Å². The molecule has 0 saturated heterocycles. The van der Waals surface area contributed by atoms with Crippen LogP contribution in [0.4, 0.5) is 0 Å². The fourth-order valence-corrected chi connectivity index (χ4v) is 1.65. The van der Waals surface area contributed by atoms with Crippen molar-refractivity contribution in [1.82, 2.24) is 4.90 Å². The van der Waals surface area contributed by atoms with Gasteiger partial charge in [-0.1, -0.05) is 36.8 Å². The predicted molar refractivity (Wildman–Crippen MR) is 62.3 cm³/mol. The van der Waals surface area contributed by atoms with Gasteiger partial charge >= 0.3 is 0 Å². The Hall–Kier alpha value is -1.33. The number of nitrogens with zero attached hydrogens (tertiary/aromatic N) is 2. The van der Waals surface area contributed by atoms with Gasteiger partial charge < -0.3 is 0 Å². The van der Waals surface area contributed by atoms with E-state index in [-0.39, 0.29) is 6.04 Å². The molecule has 2 nitrogen and oxygen atoms in total. The molecule has 0 spiro atoms. The number of benzene rings is 1. The smallest absolute Gasteiger partial charge is 0.0952 e. The molecule has 2 heteroatoms. The van der Waals surface area contributed by atoms with Crippen LogP contribution in [-0.4, -0.2) is 17.5 Å². The second-order valence-corrected chi connectivity index (χ2v) is 3.86. The van der Waals surface area contributed by atoms with Crippen molar-refractivity contribution in [2.45, 2.75) is 33.4 Å². The van der Waals surface area contributed by atoms with Gasteiger partial charge in [0.05, 0.1) is 12.1 Å². The molecule has 0 aromatic heterocycles. The van der Waals surface area contributed by atoms with E-state index in [0.29, 0.717) is 0 Å². The highest BCUT2D eigenvalue weighted by Crippen LogP contribution is 2.09. The van der Waals surface area contributed by atoms with Gasteiger partial charge in [0.15, 0.2) is 0 Å². The van der Waals surface area contributed by atoms with Crippen LogP contribution in [0.2, 0.25) is 0 Å². The van der Waals surface area contributed by atoms with E-state index >= 15 is 0 Å². The van der Waals surface area contributed by atoms with Gasteiger partial charge in [0.2, 0.25) is 0 Å². The number of hydrogen-bond donors (Lipinski definition) is 0. The summed E-state index contributed by atoms with van der Waals surface area (Å²) >= 11 is 0. The molecule has 1 aromatic carbocycles. The quantitative estimate of drug-likeness (QED) is 0.750. The van der Waals surface area contributed by atoms with Gasteiger partial charge in [-0.05, 0) is 26.0 Å². The Morgan fingerprint density at radius 2 is 2.20 bits per heavy atom. The zero-order valence-corrected chi connectivity index (χ0v) is 9.70. The lowest BCUT2D eigenvalue weighted by molar-refractivity contribution is 0.250. The monoisotopic (exact) mass is 202 g/mol. The van der Waals surface area contributed by atoms with Crippen LogP contribution in [0.1, 0.15) is 25.0 Å². The summed E-state index contributed by atoms with van der Waals surface area (Å²) in [6.45, 7) is 7.88. The molecule has 0 amide bonds. The molecular weight excluding hydrogens is 184 g/mol. The van der Waals surface area contributed by atoms with Crippen LogP contribution in [0.15, 0.2) is 24.3 Å². The van der Waals surface area contributed by atoms with Crippen LogP contribution in [0.25, 0.3) is 0 Å².